The number of H-pyrrole nitrogens is 1. The Kier molecular flexibility index (Phi) is 30.8. The van der Waals surface area contributed by atoms with Crippen LogP contribution in [0.15, 0.2) is 151 Å². The molecular formula is C85H94Cl3N15O10S3. The van der Waals surface area contributed by atoms with Crippen molar-refractivity contribution in [1.82, 2.24) is 59.2 Å². The predicted octanol–water partition coefficient (Wildman–Crippen LogP) is 16.0. The van der Waals surface area contributed by atoms with Crippen LogP contribution < -0.4 is 31.0 Å². The number of carboxylic acid groups (broad SMARTS) is 1. The van der Waals surface area contributed by atoms with Crippen LogP contribution in [0.2, 0.25) is 15.1 Å². The number of nitrogens with one attached hydrogen (secondary N) is 4. The molecule has 0 saturated carbocycles. The van der Waals surface area contributed by atoms with Gasteiger partial charge in [-0.15, -0.1) is 34.0 Å². The number of anilines is 3. The van der Waals surface area contributed by atoms with E-state index in [1.807, 2.05) is 118 Å². The number of thiazole rings is 3. The number of aliphatic hydroxyl groups excluding tert-OH is 1. The van der Waals surface area contributed by atoms with Gasteiger partial charge in [0.25, 0.3) is 5.56 Å². The number of carbonyl (C=O) groups is 3. The van der Waals surface area contributed by atoms with Crippen molar-refractivity contribution >= 4 is 104 Å². The third kappa shape index (κ3) is 24.4. The summed E-state index contributed by atoms with van der Waals surface area (Å²) in [5.41, 5.74) is 12.0. The Hall–Kier alpha value is -10.3. The van der Waals surface area contributed by atoms with E-state index in [9.17, 15) is 24.3 Å². The van der Waals surface area contributed by atoms with Gasteiger partial charge >= 0.3 is 17.9 Å². The molecule has 0 spiro atoms. The molecule has 3 unspecified atom stereocenters. The highest BCUT2D eigenvalue weighted by Gasteiger charge is 2.27. The third-order valence-corrected chi connectivity index (χ3v) is 23.8. The first-order valence-corrected chi connectivity index (χ1v) is 42.4. The van der Waals surface area contributed by atoms with Crippen molar-refractivity contribution in [2.24, 2.45) is 21.1 Å². The van der Waals surface area contributed by atoms with Crippen molar-refractivity contribution in [1.29, 1.82) is 0 Å². The fourth-order valence-electron chi connectivity index (χ4n) is 13.5. The summed E-state index contributed by atoms with van der Waals surface area (Å²) in [4.78, 5) is 78.3. The van der Waals surface area contributed by atoms with E-state index < -0.39 is 5.97 Å². The van der Waals surface area contributed by atoms with Crippen LogP contribution in [0.5, 0.6) is 11.8 Å². The summed E-state index contributed by atoms with van der Waals surface area (Å²) in [6.07, 6.45) is 16.2. The average molecular weight is 1690 g/mol. The highest BCUT2D eigenvalue weighted by Crippen LogP contribution is 2.38. The number of ether oxygens (including phenoxy) is 4. The fourth-order valence-corrected chi connectivity index (χ4v) is 17.0. The molecule has 9 aromatic heterocycles. The van der Waals surface area contributed by atoms with Gasteiger partial charge in [-0.25, -0.2) is 39.3 Å². The number of esters is 2. The number of hydrogen-bond donors (Lipinski definition) is 6. The van der Waals surface area contributed by atoms with E-state index in [1.54, 1.807) is 53.1 Å². The fraction of sp³-hybridized carbons (Fsp3) is 0.365. The zero-order chi connectivity index (χ0) is 81.5. The normalized spacial score (nSPS) is 13.3. The van der Waals surface area contributed by atoms with Gasteiger partial charge < -0.3 is 45.1 Å². The summed E-state index contributed by atoms with van der Waals surface area (Å²) in [7, 11) is 5.36. The number of aromatic amines is 1. The van der Waals surface area contributed by atoms with Crippen molar-refractivity contribution in [3.8, 4) is 43.5 Å². The van der Waals surface area contributed by atoms with E-state index in [1.165, 1.54) is 50.5 Å². The third-order valence-electron chi connectivity index (χ3n) is 19.4. The highest BCUT2D eigenvalue weighted by molar-refractivity contribution is 7.15. The number of fused-ring (bicyclic) bond motifs is 3. The Bertz CT molecular complexity index is 5300. The molecule has 3 aromatic carbocycles. The summed E-state index contributed by atoms with van der Waals surface area (Å²) in [5.74, 6) is 2.49. The van der Waals surface area contributed by atoms with Crippen molar-refractivity contribution < 1.29 is 43.5 Å². The first kappa shape index (κ1) is 85.1. The zero-order valence-electron chi connectivity index (χ0n) is 65.3. The van der Waals surface area contributed by atoms with Crippen LogP contribution in [0.25, 0.3) is 31.7 Å². The van der Waals surface area contributed by atoms with Crippen molar-refractivity contribution in [2.45, 2.75) is 128 Å². The van der Waals surface area contributed by atoms with E-state index in [0.717, 1.165) is 150 Å². The largest absolute Gasteiger partial charge is 0.481 e. The first-order valence-electron chi connectivity index (χ1n) is 38.8. The monoisotopic (exact) mass is 1690 g/mol. The van der Waals surface area contributed by atoms with Gasteiger partial charge in [-0.2, -0.15) is 10.2 Å². The van der Waals surface area contributed by atoms with E-state index in [0.29, 0.717) is 91.8 Å². The van der Waals surface area contributed by atoms with Crippen molar-refractivity contribution in [3.05, 3.63) is 237 Å². The number of pyridine rings is 3. The number of hydrogen-bond acceptors (Lipinski definition) is 23. The quantitative estimate of drug-likeness (QED) is 0.0228. The highest BCUT2D eigenvalue weighted by atomic mass is 35.5. The second kappa shape index (κ2) is 42.0. The SMILES string of the molecule is CCOC(=O)CC(Cc1cc(=O)n(C)[nH]1)c1cnc(-c2ccc(Cl)cc2)s1.CCOC(=O)CC(Cc1cc(OCCc2ccc3c(n2)NCCC3)n(C)n1)c1cnc(-c2ccc(Cl)cc2)s1.Cn1nc(CC(CC(=O)O)c2cnc(-c3ccc(Cl)cc3)s2)cc1OCCc1ccc2c(n1)NCCC2.OCCc1ccc2c(n1)NCCC2. The number of benzene rings is 3. The second-order valence-corrected chi connectivity index (χ2v) is 32.6. The van der Waals surface area contributed by atoms with Crippen LogP contribution in [-0.2, 0) is 103 Å². The van der Waals surface area contributed by atoms with Gasteiger partial charge in [0, 0.05) is 190 Å². The summed E-state index contributed by atoms with van der Waals surface area (Å²) in [6, 6.07) is 40.5. The number of aryl methyl sites for hydroxylation is 6. The molecule has 3 aliphatic rings. The van der Waals surface area contributed by atoms with Gasteiger partial charge in [-0.05, 0) is 143 Å². The summed E-state index contributed by atoms with van der Waals surface area (Å²) < 4.78 is 27.3. The van der Waals surface area contributed by atoms with E-state index in [4.69, 9.17) is 68.8 Å². The van der Waals surface area contributed by atoms with E-state index in [2.05, 4.69) is 81.5 Å². The molecule has 6 N–H and O–H groups in total. The minimum atomic E-state index is -0.856. The molecule has 31 heteroatoms. The zero-order valence-corrected chi connectivity index (χ0v) is 70.0. The van der Waals surface area contributed by atoms with Crippen LogP contribution in [0.3, 0.4) is 0 Å². The van der Waals surface area contributed by atoms with Gasteiger partial charge in [-0.3, -0.25) is 29.0 Å². The number of carbonyl (C=O) groups excluding carboxylic acids is 2. The topological polar surface area (TPSA) is 315 Å². The molecule has 3 atom stereocenters. The molecular weight excluding hydrogens is 1590 g/mol. The minimum absolute atomic E-state index is 0.00690. The van der Waals surface area contributed by atoms with E-state index in [-0.39, 0.29) is 61.1 Å². The molecule has 0 amide bonds. The molecule has 15 rings (SSSR count). The van der Waals surface area contributed by atoms with Gasteiger partial charge in [0.2, 0.25) is 11.8 Å². The molecule has 12 heterocycles. The van der Waals surface area contributed by atoms with Crippen LogP contribution in [-0.4, -0.2) is 140 Å². The average Bonchev–Trinajstić information content (AvgIpc) is 1.78. The number of aliphatic carboxylic acids is 1. The van der Waals surface area contributed by atoms with Gasteiger partial charge in [0.1, 0.15) is 32.5 Å². The molecule has 0 aliphatic carbocycles. The lowest BCUT2D eigenvalue weighted by Crippen LogP contribution is -2.14. The smallest absolute Gasteiger partial charge is 0.306 e. The van der Waals surface area contributed by atoms with Gasteiger partial charge in [-0.1, -0.05) is 89.4 Å². The number of rotatable bonds is 30. The van der Waals surface area contributed by atoms with Crippen LogP contribution in [0.1, 0.15) is 136 Å². The maximum Gasteiger partial charge on any atom is 0.306 e. The number of halogens is 3. The minimum Gasteiger partial charge on any atom is -0.481 e. The molecule has 0 fully saturated rings. The molecule has 116 heavy (non-hydrogen) atoms. The summed E-state index contributed by atoms with van der Waals surface area (Å²) in [5, 5.41) is 45.2. The number of carboxylic acids is 1. The maximum absolute atomic E-state index is 12.5. The predicted molar refractivity (Wildman–Crippen MR) is 457 cm³/mol. The Morgan fingerprint density at radius 3 is 1.22 bits per heavy atom. The molecule has 25 nitrogen and oxygen atoms in total. The molecule has 0 saturated heterocycles. The van der Waals surface area contributed by atoms with E-state index >= 15 is 0 Å². The molecule has 0 bridgehead atoms. The Morgan fingerprint density at radius 2 is 0.862 bits per heavy atom. The lowest BCUT2D eigenvalue weighted by Gasteiger charge is -2.17. The molecule has 608 valence electrons. The van der Waals surface area contributed by atoms with Gasteiger partial charge in [0.05, 0.1) is 57.1 Å². The molecule has 3 aliphatic heterocycles. The Labute approximate surface area is 700 Å². The number of aromatic nitrogens is 12. The maximum atomic E-state index is 12.5. The van der Waals surface area contributed by atoms with Crippen LogP contribution in [0, 0.1) is 0 Å². The standard InChI is InChI=1S/C29H32ClN5O3S.C27H28ClN5O3S.C19H20ClN3O3S.C10H14N2O/c1-3-37-27(36)16-21(25-18-32-29(39-25)20-6-9-22(30)10-7-20)15-24-17-26(35(2)34-24)38-14-12-23-11-8-19-5-4-13-31-28(19)33-23;1-33-24(36-12-10-21-9-6-17-3-2-11-29-26(17)31-21)15-22(32-33)13-19(14-25(34)35)23-16-30-27(37-23)18-4-7-20(28)8-5-18;1-3-26-18(25)9-13(8-15-10-17(24)23(2)22-15)16-11-21-19(27-16)12-4-6-14(20)7-5-12;13-7-5-9-4-3-8-2-1-6-11-10(8)12-9/h6-11,17-18,21H,3-5,12-16H2,1-2H3,(H,31,33);4-9,15-16,19H,2-3,10-14H2,1H3,(H,29,31)(H,34,35);4-7,10-11,13,22H,3,8-9H2,1-2H3;3-4,13H,1-2,5-7H2,(H,11,12). The van der Waals surface area contributed by atoms with Crippen molar-refractivity contribution in [3.63, 3.8) is 0 Å². The van der Waals surface area contributed by atoms with Gasteiger partial charge in [0.15, 0.2) is 0 Å². The summed E-state index contributed by atoms with van der Waals surface area (Å²) in [6.45, 7) is 8.38. The van der Waals surface area contributed by atoms with Crippen LogP contribution in [0.4, 0.5) is 17.5 Å². The first-order chi connectivity index (χ1) is 56.3. The Balaban J connectivity index is 0.000000150. The summed E-state index contributed by atoms with van der Waals surface area (Å²) >= 11 is 22.6. The molecule has 12 aromatic rings. The lowest BCUT2D eigenvalue weighted by molar-refractivity contribution is -0.144. The number of nitrogens with zero attached hydrogens (tertiary/aromatic N) is 11. The number of aliphatic hydroxyl groups is 1. The van der Waals surface area contributed by atoms with Crippen molar-refractivity contribution in [2.75, 3.05) is 68.6 Å². The lowest BCUT2D eigenvalue weighted by atomic mass is 9.98. The Morgan fingerprint density at radius 1 is 0.491 bits per heavy atom. The van der Waals surface area contributed by atoms with Crippen LogP contribution >= 0.6 is 68.8 Å². The second-order valence-electron chi connectivity index (χ2n) is 28.1. The molecule has 0 radical (unpaired) electrons.